The van der Waals surface area contributed by atoms with Crippen molar-refractivity contribution in [2.24, 2.45) is 0 Å². The molecular formula is C16H29N3O3. The molecule has 2 amide bonds. The third kappa shape index (κ3) is 5.48. The second-order valence-corrected chi connectivity index (χ2v) is 7.33. The zero-order valence-electron chi connectivity index (χ0n) is 14.0. The average Bonchev–Trinajstić information content (AvgIpc) is 2.39. The zero-order chi connectivity index (χ0) is 16.2. The number of amides is 2. The van der Waals surface area contributed by atoms with Crippen molar-refractivity contribution in [3.8, 4) is 0 Å². The summed E-state index contributed by atoms with van der Waals surface area (Å²) < 4.78 is 5.23. The van der Waals surface area contributed by atoms with Gasteiger partial charge in [0.2, 0.25) is 5.91 Å². The molecule has 22 heavy (non-hydrogen) atoms. The monoisotopic (exact) mass is 311 g/mol. The molecule has 1 aliphatic carbocycles. The van der Waals surface area contributed by atoms with E-state index in [-0.39, 0.29) is 18.0 Å². The fraction of sp³-hybridized carbons (Fsp3) is 0.875. The van der Waals surface area contributed by atoms with Crippen molar-refractivity contribution < 1.29 is 14.3 Å². The second kappa shape index (κ2) is 7.31. The van der Waals surface area contributed by atoms with Gasteiger partial charge in [0.25, 0.3) is 0 Å². The van der Waals surface area contributed by atoms with E-state index in [1.54, 1.807) is 0 Å². The Bertz CT molecular complexity index is 394. The van der Waals surface area contributed by atoms with Gasteiger partial charge in [-0.15, -0.1) is 0 Å². The van der Waals surface area contributed by atoms with E-state index >= 15 is 0 Å². The maximum absolute atomic E-state index is 12.0. The second-order valence-electron chi connectivity index (χ2n) is 7.33. The Morgan fingerprint density at radius 3 is 2.32 bits per heavy atom. The lowest BCUT2D eigenvalue weighted by Gasteiger charge is -2.37. The number of alkyl carbamates (subject to hydrolysis) is 1. The van der Waals surface area contributed by atoms with Gasteiger partial charge in [-0.05, 0) is 52.9 Å². The molecule has 2 N–H and O–H groups in total. The Hall–Kier alpha value is -1.30. The predicted molar refractivity (Wildman–Crippen MR) is 84.6 cm³/mol. The summed E-state index contributed by atoms with van der Waals surface area (Å²) in [6.45, 7) is 7.75. The van der Waals surface area contributed by atoms with Gasteiger partial charge < -0.3 is 20.3 Å². The summed E-state index contributed by atoms with van der Waals surface area (Å²) in [5, 5.41) is 6.14. The minimum atomic E-state index is -0.466. The number of nitrogens with zero attached hydrogens (tertiary/aromatic N) is 1. The van der Waals surface area contributed by atoms with Crippen LogP contribution >= 0.6 is 0 Å². The van der Waals surface area contributed by atoms with Gasteiger partial charge in [0, 0.05) is 25.2 Å². The van der Waals surface area contributed by atoms with Gasteiger partial charge in [0.05, 0.1) is 6.54 Å². The number of nitrogens with one attached hydrogen (secondary N) is 2. The number of piperidine rings is 1. The molecule has 1 aliphatic heterocycles. The van der Waals surface area contributed by atoms with Crippen molar-refractivity contribution in [1.29, 1.82) is 0 Å². The summed E-state index contributed by atoms with van der Waals surface area (Å²) in [4.78, 5) is 25.6. The van der Waals surface area contributed by atoms with Crippen molar-refractivity contribution in [2.45, 2.75) is 70.6 Å². The molecule has 126 valence electrons. The van der Waals surface area contributed by atoms with E-state index in [1.807, 2.05) is 25.7 Å². The highest BCUT2D eigenvalue weighted by Crippen LogP contribution is 2.20. The Morgan fingerprint density at radius 2 is 1.73 bits per heavy atom. The zero-order valence-corrected chi connectivity index (χ0v) is 14.0. The number of hydrogen-bond donors (Lipinski definition) is 2. The minimum Gasteiger partial charge on any atom is -0.444 e. The van der Waals surface area contributed by atoms with Crippen LogP contribution in [-0.4, -0.2) is 54.2 Å². The van der Waals surface area contributed by atoms with E-state index in [0.717, 1.165) is 38.8 Å². The van der Waals surface area contributed by atoms with Crippen LogP contribution in [0.25, 0.3) is 0 Å². The number of likely N-dealkylation sites (tertiary alicyclic amines) is 1. The van der Waals surface area contributed by atoms with Crippen molar-refractivity contribution in [3.05, 3.63) is 0 Å². The molecule has 0 radical (unpaired) electrons. The Labute approximate surface area is 132 Å². The molecule has 0 unspecified atom stereocenters. The van der Waals surface area contributed by atoms with Crippen LogP contribution in [0.5, 0.6) is 0 Å². The first kappa shape index (κ1) is 17.1. The third-order valence-electron chi connectivity index (χ3n) is 4.11. The SMILES string of the molecule is CC(C)(C)OC(=O)NC1CC(NCC(=O)N2CCCCC2)C1. The molecule has 2 fully saturated rings. The fourth-order valence-corrected chi connectivity index (χ4v) is 2.86. The smallest absolute Gasteiger partial charge is 0.407 e. The summed E-state index contributed by atoms with van der Waals surface area (Å²) in [5.41, 5.74) is -0.466. The molecule has 0 aromatic rings. The number of hydrogen-bond acceptors (Lipinski definition) is 4. The number of carbonyl (C=O) groups excluding carboxylic acids is 2. The molecule has 0 aromatic carbocycles. The van der Waals surface area contributed by atoms with Crippen LogP contribution in [0.3, 0.4) is 0 Å². The lowest BCUT2D eigenvalue weighted by Crippen LogP contribution is -2.55. The quantitative estimate of drug-likeness (QED) is 0.828. The van der Waals surface area contributed by atoms with Gasteiger partial charge in [0.1, 0.15) is 5.60 Å². The maximum Gasteiger partial charge on any atom is 0.407 e. The molecule has 0 bridgehead atoms. The summed E-state index contributed by atoms with van der Waals surface area (Å²) in [7, 11) is 0. The standard InChI is InChI=1S/C16H29N3O3/c1-16(2,3)22-15(21)18-13-9-12(10-13)17-11-14(20)19-7-5-4-6-8-19/h12-13,17H,4-11H2,1-3H3,(H,18,21). The van der Waals surface area contributed by atoms with Gasteiger partial charge in [-0.3, -0.25) is 4.79 Å². The molecule has 1 heterocycles. The summed E-state index contributed by atoms with van der Waals surface area (Å²) >= 11 is 0. The lowest BCUT2D eigenvalue weighted by molar-refractivity contribution is -0.131. The first-order valence-electron chi connectivity index (χ1n) is 8.34. The van der Waals surface area contributed by atoms with Crippen molar-refractivity contribution in [3.63, 3.8) is 0 Å². The topological polar surface area (TPSA) is 70.7 Å². The number of carbonyl (C=O) groups is 2. The molecule has 0 atom stereocenters. The van der Waals surface area contributed by atoms with E-state index in [9.17, 15) is 9.59 Å². The Kier molecular flexibility index (Phi) is 5.67. The van der Waals surface area contributed by atoms with Crippen molar-refractivity contribution in [2.75, 3.05) is 19.6 Å². The number of ether oxygens (including phenoxy) is 1. The van der Waals surface area contributed by atoms with E-state index < -0.39 is 5.60 Å². The molecule has 0 spiro atoms. The van der Waals surface area contributed by atoms with E-state index in [1.165, 1.54) is 6.42 Å². The molecular weight excluding hydrogens is 282 g/mol. The van der Waals surface area contributed by atoms with Gasteiger partial charge in [-0.2, -0.15) is 0 Å². The first-order chi connectivity index (χ1) is 10.3. The highest BCUT2D eigenvalue weighted by Gasteiger charge is 2.32. The van der Waals surface area contributed by atoms with Crippen molar-refractivity contribution in [1.82, 2.24) is 15.5 Å². The predicted octanol–water partition coefficient (Wildman–Crippen LogP) is 1.64. The van der Waals surface area contributed by atoms with Crippen LogP contribution < -0.4 is 10.6 Å². The van der Waals surface area contributed by atoms with Crippen LogP contribution in [0.4, 0.5) is 4.79 Å². The van der Waals surface area contributed by atoms with Gasteiger partial charge >= 0.3 is 6.09 Å². The molecule has 2 rings (SSSR count). The fourth-order valence-electron chi connectivity index (χ4n) is 2.86. The summed E-state index contributed by atoms with van der Waals surface area (Å²) in [5.74, 6) is 0.197. The van der Waals surface area contributed by atoms with Crippen LogP contribution in [-0.2, 0) is 9.53 Å². The molecule has 2 aliphatic rings. The third-order valence-corrected chi connectivity index (χ3v) is 4.11. The van der Waals surface area contributed by atoms with Crippen LogP contribution in [0.15, 0.2) is 0 Å². The molecule has 0 aromatic heterocycles. The summed E-state index contributed by atoms with van der Waals surface area (Å²) in [6, 6.07) is 0.464. The van der Waals surface area contributed by atoms with E-state index in [0.29, 0.717) is 12.6 Å². The molecule has 6 nitrogen and oxygen atoms in total. The Morgan fingerprint density at radius 1 is 1.09 bits per heavy atom. The lowest BCUT2D eigenvalue weighted by atomic mass is 9.87. The Balaban J connectivity index is 1.57. The summed E-state index contributed by atoms with van der Waals surface area (Å²) in [6.07, 6.45) is 4.82. The molecule has 1 saturated heterocycles. The van der Waals surface area contributed by atoms with Crippen LogP contribution in [0.1, 0.15) is 52.9 Å². The van der Waals surface area contributed by atoms with Crippen molar-refractivity contribution >= 4 is 12.0 Å². The van der Waals surface area contributed by atoms with Crippen LogP contribution in [0, 0.1) is 0 Å². The van der Waals surface area contributed by atoms with Crippen LogP contribution in [0.2, 0.25) is 0 Å². The largest absolute Gasteiger partial charge is 0.444 e. The van der Waals surface area contributed by atoms with Gasteiger partial charge in [-0.1, -0.05) is 0 Å². The number of rotatable bonds is 4. The van der Waals surface area contributed by atoms with Gasteiger partial charge in [-0.25, -0.2) is 4.79 Å². The normalized spacial score (nSPS) is 25.3. The van der Waals surface area contributed by atoms with E-state index in [4.69, 9.17) is 4.74 Å². The highest BCUT2D eigenvalue weighted by molar-refractivity contribution is 5.78. The maximum atomic E-state index is 12.0. The van der Waals surface area contributed by atoms with E-state index in [2.05, 4.69) is 10.6 Å². The highest BCUT2D eigenvalue weighted by atomic mass is 16.6. The average molecular weight is 311 g/mol. The molecule has 6 heteroatoms. The minimum absolute atomic E-state index is 0.150. The van der Waals surface area contributed by atoms with Gasteiger partial charge in [0.15, 0.2) is 0 Å². The first-order valence-corrected chi connectivity index (χ1v) is 8.34. The molecule has 1 saturated carbocycles.